The number of rotatable bonds is 4. The lowest BCUT2D eigenvalue weighted by atomic mass is 10.1. The van der Waals surface area contributed by atoms with Crippen molar-refractivity contribution in [1.29, 1.82) is 0 Å². The molecule has 0 spiro atoms. The fourth-order valence-corrected chi connectivity index (χ4v) is 3.52. The van der Waals surface area contributed by atoms with Crippen LogP contribution in [0.1, 0.15) is 20.9 Å². The zero-order valence-corrected chi connectivity index (χ0v) is 15.2. The molecule has 142 valence electrons. The number of hydrogen-bond donors (Lipinski definition) is 1. The van der Waals surface area contributed by atoms with Crippen LogP contribution in [-0.2, 0) is 12.7 Å². The summed E-state index contributed by atoms with van der Waals surface area (Å²) < 4.78 is 42.1. The second kappa shape index (κ2) is 7.12. The lowest BCUT2D eigenvalue weighted by Gasteiger charge is -2.11. The van der Waals surface area contributed by atoms with Crippen molar-refractivity contribution < 1.29 is 18.0 Å². The van der Waals surface area contributed by atoms with E-state index >= 15 is 0 Å². The minimum atomic E-state index is -4.60. The molecule has 4 aromatic rings. The van der Waals surface area contributed by atoms with Gasteiger partial charge in [-0.05, 0) is 28.6 Å². The van der Waals surface area contributed by atoms with Crippen molar-refractivity contribution >= 4 is 22.9 Å². The largest absolute Gasteiger partial charge is 0.420 e. The van der Waals surface area contributed by atoms with Crippen molar-refractivity contribution in [3.8, 4) is 11.1 Å². The fourth-order valence-electron chi connectivity index (χ4n) is 2.88. The van der Waals surface area contributed by atoms with Gasteiger partial charge in [0.1, 0.15) is 11.3 Å². The van der Waals surface area contributed by atoms with Crippen molar-refractivity contribution in [1.82, 2.24) is 14.7 Å². The molecule has 8 heteroatoms. The van der Waals surface area contributed by atoms with Gasteiger partial charge in [0, 0.05) is 17.3 Å². The Balaban J connectivity index is 1.74. The van der Waals surface area contributed by atoms with E-state index in [1.165, 1.54) is 21.9 Å². The van der Waals surface area contributed by atoms with Gasteiger partial charge in [-0.15, -0.1) is 11.3 Å². The average Bonchev–Trinajstić information content (AvgIpc) is 3.34. The number of pyridine rings is 1. The molecule has 0 atom stereocenters. The van der Waals surface area contributed by atoms with E-state index in [1.807, 2.05) is 17.5 Å². The minimum Gasteiger partial charge on any atom is -0.346 e. The first-order chi connectivity index (χ1) is 13.4. The van der Waals surface area contributed by atoms with Gasteiger partial charge < -0.3 is 9.72 Å². The molecule has 3 aromatic heterocycles. The van der Waals surface area contributed by atoms with Gasteiger partial charge in [-0.25, -0.2) is 4.98 Å². The Hall–Kier alpha value is -3.13. The number of halogens is 3. The summed E-state index contributed by atoms with van der Waals surface area (Å²) in [4.78, 5) is 17.3. The van der Waals surface area contributed by atoms with E-state index in [0.29, 0.717) is 17.7 Å². The number of amides is 1. The molecule has 1 N–H and O–H groups in total. The summed E-state index contributed by atoms with van der Waals surface area (Å²) in [5.41, 5.74) is -0.206. The van der Waals surface area contributed by atoms with E-state index < -0.39 is 17.6 Å². The van der Waals surface area contributed by atoms with Crippen LogP contribution < -0.4 is 5.32 Å². The van der Waals surface area contributed by atoms with Crippen LogP contribution in [-0.4, -0.2) is 15.3 Å². The van der Waals surface area contributed by atoms with Gasteiger partial charge in [0.05, 0.1) is 12.1 Å². The van der Waals surface area contributed by atoms with Crippen LogP contribution in [0.4, 0.5) is 13.2 Å². The molecule has 3 heterocycles. The van der Waals surface area contributed by atoms with Crippen LogP contribution >= 0.6 is 11.3 Å². The van der Waals surface area contributed by atoms with Crippen molar-refractivity contribution in [3.05, 3.63) is 82.4 Å². The third-order valence-electron chi connectivity index (χ3n) is 4.20. The minimum absolute atomic E-state index is 0.0627. The topological polar surface area (TPSA) is 46.4 Å². The number of hydrogen-bond acceptors (Lipinski definition) is 3. The maximum Gasteiger partial charge on any atom is 0.420 e. The number of carbonyl (C=O) groups excluding carboxylic acids is 1. The van der Waals surface area contributed by atoms with E-state index in [4.69, 9.17) is 0 Å². The summed E-state index contributed by atoms with van der Waals surface area (Å²) in [6.07, 6.45) is -1.73. The van der Waals surface area contributed by atoms with Crippen molar-refractivity contribution in [3.63, 3.8) is 0 Å². The second-order valence-electron chi connectivity index (χ2n) is 6.13. The highest BCUT2D eigenvalue weighted by atomic mass is 32.1. The molecule has 28 heavy (non-hydrogen) atoms. The predicted octanol–water partition coefficient (Wildman–Crippen LogP) is 5.01. The van der Waals surface area contributed by atoms with E-state index in [-0.39, 0.29) is 11.3 Å². The van der Waals surface area contributed by atoms with Crippen LogP contribution in [0, 0.1) is 0 Å². The van der Waals surface area contributed by atoms with Crippen molar-refractivity contribution in [2.24, 2.45) is 0 Å². The van der Waals surface area contributed by atoms with Crippen LogP contribution in [0.2, 0.25) is 0 Å². The molecule has 0 aliphatic rings. The Morgan fingerprint density at radius 2 is 1.86 bits per heavy atom. The number of carbonyl (C=O) groups is 1. The van der Waals surface area contributed by atoms with E-state index in [1.54, 1.807) is 36.5 Å². The molecule has 4 rings (SSSR count). The van der Waals surface area contributed by atoms with Gasteiger partial charge in [0.15, 0.2) is 0 Å². The molecule has 0 bridgehead atoms. The first-order valence-corrected chi connectivity index (χ1v) is 9.26. The van der Waals surface area contributed by atoms with Gasteiger partial charge in [0.2, 0.25) is 0 Å². The number of nitrogens with zero attached hydrogens (tertiary/aromatic N) is 2. The number of imidazole rings is 1. The third kappa shape index (κ3) is 3.63. The average molecular weight is 401 g/mol. The zero-order chi connectivity index (χ0) is 19.7. The summed E-state index contributed by atoms with van der Waals surface area (Å²) in [6.45, 7) is 0.297. The zero-order valence-electron chi connectivity index (χ0n) is 14.4. The number of benzene rings is 1. The molecule has 0 unspecified atom stereocenters. The molecule has 0 fully saturated rings. The van der Waals surface area contributed by atoms with Crippen molar-refractivity contribution in [2.45, 2.75) is 12.7 Å². The van der Waals surface area contributed by atoms with Gasteiger partial charge in [-0.2, -0.15) is 13.2 Å². The lowest BCUT2D eigenvalue weighted by molar-refractivity contribution is -0.136. The number of aromatic nitrogens is 2. The summed E-state index contributed by atoms with van der Waals surface area (Å²) in [6, 6.07) is 13.5. The van der Waals surface area contributed by atoms with Gasteiger partial charge in [-0.3, -0.25) is 4.79 Å². The van der Waals surface area contributed by atoms with Crippen LogP contribution in [0.5, 0.6) is 0 Å². The van der Waals surface area contributed by atoms with Gasteiger partial charge in [-0.1, -0.05) is 36.4 Å². The molecular weight excluding hydrogens is 387 g/mol. The Morgan fingerprint density at radius 3 is 2.54 bits per heavy atom. The third-order valence-corrected chi connectivity index (χ3v) is 5.08. The SMILES string of the molecule is O=C(NCc1cccs1)c1cn2cc(-c3ccccc3)cc(C(F)(F)F)c2n1. The number of thiophene rings is 1. The fraction of sp³-hybridized carbons (Fsp3) is 0.100. The Kier molecular flexibility index (Phi) is 4.64. The molecule has 1 amide bonds. The first kappa shape index (κ1) is 18.2. The molecule has 0 aliphatic carbocycles. The molecule has 0 saturated heterocycles. The number of fused-ring (bicyclic) bond motifs is 1. The maximum absolute atomic E-state index is 13.6. The van der Waals surface area contributed by atoms with E-state index in [9.17, 15) is 18.0 Å². The van der Waals surface area contributed by atoms with Crippen molar-refractivity contribution in [2.75, 3.05) is 0 Å². The summed E-state index contributed by atoms with van der Waals surface area (Å²) in [7, 11) is 0. The van der Waals surface area contributed by atoms with Crippen LogP contribution in [0.15, 0.2) is 66.3 Å². The molecule has 1 aromatic carbocycles. The van der Waals surface area contributed by atoms with Gasteiger partial charge in [0.25, 0.3) is 5.91 Å². The molecule has 0 radical (unpaired) electrons. The van der Waals surface area contributed by atoms with Crippen LogP contribution in [0.3, 0.4) is 0 Å². The number of alkyl halides is 3. The van der Waals surface area contributed by atoms with E-state index in [0.717, 1.165) is 10.9 Å². The smallest absolute Gasteiger partial charge is 0.346 e. The standard InChI is InChI=1S/C20H14F3N3OS/c21-20(22,23)16-9-14(13-5-2-1-3-6-13)11-26-12-17(25-18(16)26)19(27)24-10-15-7-4-8-28-15/h1-9,11-12H,10H2,(H,24,27). The van der Waals surface area contributed by atoms with Crippen LogP contribution in [0.25, 0.3) is 16.8 Å². The van der Waals surface area contributed by atoms with Gasteiger partial charge >= 0.3 is 6.18 Å². The monoisotopic (exact) mass is 401 g/mol. The normalized spacial score (nSPS) is 11.7. The lowest BCUT2D eigenvalue weighted by Crippen LogP contribution is -2.22. The molecule has 0 aliphatic heterocycles. The second-order valence-corrected chi connectivity index (χ2v) is 7.16. The first-order valence-electron chi connectivity index (χ1n) is 8.38. The highest BCUT2D eigenvalue weighted by Gasteiger charge is 2.35. The highest BCUT2D eigenvalue weighted by Crippen LogP contribution is 2.35. The quantitative estimate of drug-likeness (QED) is 0.522. The Bertz CT molecular complexity index is 1120. The Morgan fingerprint density at radius 1 is 1.07 bits per heavy atom. The molecule has 4 nitrogen and oxygen atoms in total. The molecular formula is C20H14F3N3OS. The summed E-state index contributed by atoms with van der Waals surface area (Å²) in [5.74, 6) is -0.522. The number of nitrogens with one attached hydrogen (secondary N) is 1. The summed E-state index contributed by atoms with van der Waals surface area (Å²) >= 11 is 1.48. The molecule has 0 saturated carbocycles. The highest BCUT2D eigenvalue weighted by molar-refractivity contribution is 7.09. The maximum atomic E-state index is 13.6. The van der Waals surface area contributed by atoms with E-state index in [2.05, 4.69) is 10.3 Å². The predicted molar refractivity (Wildman–Crippen MR) is 101 cm³/mol. The Labute approximate surface area is 162 Å². The summed E-state index contributed by atoms with van der Waals surface area (Å²) in [5, 5.41) is 4.56.